The van der Waals surface area contributed by atoms with Gasteiger partial charge < -0.3 is 20.1 Å². The fraction of sp³-hybridized carbons (Fsp3) is 0.192. The number of aromatic amines is 1. The molecule has 1 aromatic heterocycles. The molecule has 0 radical (unpaired) electrons. The van der Waals surface area contributed by atoms with Crippen molar-refractivity contribution in [1.29, 1.82) is 0 Å². The van der Waals surface area contributed by atoms with Gasteiger partial charge >= 0.3 is 12.1 Å². The summed E-state index contributed by atoms with van der Waals surface area (Å²) in [6.07, 6.45) is 0.938. The molecule has 0 saturated carbocycles. The second-order valence-corrected chi connectivity index (χ2v) is 8.56. The predicted octanol–water partition coefficient (Wildman–Crippen LogP) is 3.62. The van der Waals surface area contributed by atoms with Crippen LogP contribution in [0.3, 0.4) is 0 Å². The summed E-state index contributed by atoms with van der Waals surface area (Å²) in [7, 11) is 1.46. The summed E-state index contributed by atoms with van der Waals surface area (Å²) < 4.78 is 5.11. The maximum atomic E-state index is 13.7. The van der Waals surface area contributed by atoms with E-state index >= 15 is 0 Å². The zero-order valence-corrected chi connectivity index (χ0v) is 18.4. The number of carbonyl (C=O) groups is 2. The number of nitrogens with one attached hydrogen (secondary N) is 2. The number of nitrogens with zero attached hydrogens (tertiary/aromatic N) is 2. The Hall–Kier alpha value is -4.17. The largest absolute Gasteiger partial charge is 0.414 e. The molecule has 0 saturated heterocycles. The Balaban J connectivity index is 1.50. The molecular weight excluding hydrogens is 432 g/mol. The zero-order chi connectivity index (χ0) is 23.4. The van der Waals surface area contributed by atoms with Crippen LogP contribution in [0.15, 0.2) is 66.7 Å². The number of ether oxygens (including phenoxy) is 1. The maximum Gasteiger partial charge on any atom is 0.414 e. The van der Waals surface area contributed by atoms with Gasteiger partial charge in [0.1, 0.15) is 0 Å². The first-order valence-corrected chi connectivity index (χ1v) is 11.1. The van der Waals surface area contributed by atoms with Crippen molar-refractivity contribution in [1.82, 2.24) is 20.2 Å². The van der Waals surface area contributed by atoms with Crippen LogP contribution in [0.2, 0.25) is 0 Å². The van der Waals surface area contributed by atoms with E-state index in [1.807, 2.05) is 30.3 Å². The zero-order valence-electron chi connectivity index (χ0n) is 18.4. The van der Waals surface area contributed by atoms with Gasteiger partial charge in [-0.25, -0.2) is 4.79 Å². The summed E-state index contributed by atoms with van der Waals surface area (Å²) in [6, 6.07) is 20.3. The average molecular weight is 454 g/mol. The Labute approximate surface area is 195 Å². The SMILES string of the molecule is CNC(=O)Oc1nc2ccc(C3(O)c4ccccc4C(=O)N3C3CCc4ccccc43)cc2[nH]1. The van der Waals surface area contributed by atoms with Crippen LogP contribution < -0.4 is 10.1 Å². The third-order valence-electron chi connectivity index (χ3n) is 6.77. The Bertz CT molecular complexity index is 1460. The van der Waals surface area contributed by atoms with Crippen molar-refractivity contribution in [2.45, 2.75) is 24.6 Å². The van der Waals surface area contributed by atoms with Crippen LogP contribution in [0.1, 0.15) is 45.1 Å². The molecule has 3 aromatic carbocycles. The maximum absolute atomic E-state index is 13.7. The minimum atomic E-state index is -1.67. The Morgan fingerprint density at radius 1 is 1.18 bits per heavy atom. The summed E-state index contributed by atoms with van der Waals surface area (Å²) in [4.78, 5) is 34.1. The molecule has 34 heavy (non-hydrogen) atoms. The summed E-state index contributed by atoms with van der Waals surface area (Å²) in [5, 5.41) is 14.7. The fourth-order valence-electron chi connectivity index (χ4n) is 5.23. The van der Waals surface area contributed by atoms with Crippen LogP contribution in [0.25, 0.3) is 11.0 Å². The van der Waals surface area contributed by atoms with Gasteiger partial charge in [0.05, 0.1) is 17.1 Å². The van der Waals surface area contributed by atoms with Crippen molar-refractivity contribution in [3.63, 3.8) is 0 Å². The summed E-state index contributed by atoms with van der Waals surface area (Å²) in [5.74, 6) is -0.201. The number of hydrogen-bond donors (Lipinski definition) is 3. The molecular formula is C26H22N4O4. The monoisotopic (exact) mass is 454 g/mol. The number of aryl methyl sites for hydroxylation is 1. The van der Waals surface area contributed by atoms with Gasteiger partial charge in [-0.05, 0) is 42.2 Å². The quantitative estimate of drug-likeness (QED) is 0.438. The van der Waals surface area contributed by atoms with Crippen molar-refractivity contribution < 1.29 is 19.4 Å². The molecule has 2 unspecified atom stereocenters. The molecule has 6 rings (SSSR count). The van der Waals surface area contributed by atoms with Gasteiger partial charge in [0.25, 0.3) is 5.91 Å². The number of H-pyrrole nitrogens is 1. The van der Waals surface area contributed by atoms with Crippen molar-refractivity contribution in [2.75, 3.05) is 7.05 Å². The number of carbonyl (C=O) groups excluding carboxylic acids is 2. The van der Waals surface area contributed by atoms with Gasteiger partial charge in [0.2, 0.25) is 0 Å². The molecule has 3 N–H and O–H groups in total. The van der Waals surface area contributed by atoms with Gasteiger partial charge in [0, 0.05) is 23.7 Å². The molecule has 1 aliphatic heterocycles. The third-order valence-corrected chi connectivity index (χ3v) is 6.77. The topological polar surface area (TPSA) is 108 Å². The summed E-state index contributed by atoms with van der Waals surface area (Å²) in [6.45, 7) is 0. The van der Waals surface area contributed by atoms with Crippen LogP contribution in [0.4, 0.5) is 4.79 Å². The van der Waals surface area contributed by atoms with E-state index < -0.39 is 11.8 Å². The number of hydrogen-bond acceptors (Lipinski definition) is 5. The molecule has 1 aliphatic carbocycles. The number of amides is 2. The van der Waals surface area contributed by atoms with E-state index in [0.29, 0.717) is 27.7 Å². The van der Waals surface area contributed by atoms with E-state index in [2.05, 4.69) is 21.4 Å². The highest BCUT2D eigenvalue weighted by Gasteiger charge is 2.53. The molecule has 8 nitrogen and oxygen atoms in total. The lowest BCUT2D eigenvalue weighted by Gasteiger charge is -2.39. The van der Waals surface area contributed by atoms with E-state index in [9.17, 15) is 14.7 Å². The lowest BCUT2D eigenvalue weighted by molar-refractivity contribution is -0.0705. The first kappa shape index (κ1) is 20.4. The Kier molecular flexibility index (Phi) is 4.46. The number of rotatable bonds is 3. The van der Waals surface area contributed by atoms with Crippen LogP contribution in [0, 0.1) is 0 Å². The number of imidazole rings is 1. The van der Waals surface area contributed by atoms with E-state index in [4.69, 9.17) is 4.74 Å². The van der Waals surface area contributed by atoms with E-state index in [-0.39, 0.29) is 18.0 Å². The van der Waals surface area contributed by atoms with Crippen molar-refractivity contribution in [3.05, 3.63) is 94.5 Å². The molecule has 4 aromatic rings. The minimum absolute atomic E-state index is 0.0444. The second-order valence-electron chi connectivity index (χ2n) is 8.56. The van der Waals surface area contributed by atoms with Crippen molar-refractivity contribution in [3.8, 4) is 6.01 Å². The predicted molar refractivity (Wildman–Crippen MR) is 124 cm³/mol. The van der Waals surface area contributed by atoms with Crippen LogP contribution >= 0.6 is 0 Å². The standard InChI is InChI=1S/C26H22N4O4/c1-27-25(32)34-24-28-20-12-11-16(14-21(20)29-24)26(33)19-9-5-4-8-18(19)23(31)30(26)22-13-10-15-6-2-3-7-17(15)22/h2-9,11-12,14,22,33H,10,13H2,1H3,(H,27,32)(H,28,29). The normalized spacial score (nSPS) is 20.9. The van der Waals surface area contributed by atoms with Gasteiger partial charge in [-0.3, -0.25) is 9.69 Å². The smallest absolute Gasteiger partial charge is 0.375 e. The number of benzene rings is 3. The number of aromatic nitrogens is 2. The van der Waals surface area contributed by atoms with E-state index in [0.717, 1.165) is 18.4 Å². The molecule has 0 bridgehead atoms. The highest BCUT2D eigenvalue weighted by Crippen LogP contribution is 2.50. The molecule has 0 fully saturated rings. The molecule has 8 heteroatoms. The first-order valence-electron chi connectivity index (χ1n) is 11.1. The summed E-state index contributed by atoms with van der Waals surface area (Å²) >= 11 is 0. The highest BCUT2D eigenvalue weighted by atomic mass is 16.6. The van der Waals surface area contributed by atoms with Gasteiger partial charge in [-0.2, -0.15) is 4.98 Å². The minimum Gasteiger partial charge on any atom is -0.375 e. The van der Waals surface area contributed by atoms with Gasteiger partial charge in [0.15, 0.2) is 5.72 Å². The van der Waals surface area contributed by atoms with Crippen LogP contribution in [0.5, 0.6) is 6.01 Å². The van der Waals surface area contributed by atoms with Gasteiger partial charge in [-0.15, -0.1) is 0 Å². The third kappa shape index (κ3) is 2.85. The molecule has 2 aliphatic rings. The van der Waals surface area contributed by atoms with E-state index in [1.165, 1.54) is 12.6 Å². The average Bonchev–Trinajstić information content (AvgIpc) is 3.52. The van der Waals surface area contributed by atoms with Crippen LogP contribution in [-0.2, 0) is 12.1 Å². The van der Waals surface area contributed by atoms with Crippen molar-refractivity contribution >= 4 is 23.0 Å². The van der Waals surface area contributed by atoms with Crippen LogP contribution in [-0.4, -0.2) is 39.0 Å². The Morgan fingerprint density at radius 2 is 1.97 bits per heavy atom. The molecule has 2 heterocycles. The lowest BCUT2D eigenvalue weighted by atomic mass is 9.92. The number of aliphatic hydroxyl groups is 1. The van der Waals surface area contributed by atoms with E-state index in [1.54, 1.807) is 35.2 Å². The lowest BCUT2D eigenvalue weighted by Crippen LogP contribution is -2.46. The molecule has 2 atom stereocenters. The molecule has 0 spiro atoms. The first-order chi connectivity index (χ1) is 16.5. The molecule has 2 amide bonds. The molecule has 170 valence electrons. The fourth-order valence-corrected chi connectivity index (χ4v) is 5.23. The second kappa shape index (κ2) is 7.43. The highest BCUT2D eigenvalue weighted by molar-refractivity contribution is 6.01. The van der Waals surface area contributed by atoms with Gasteiger partial charge in [-0.1, -0.05) is 48.5 Å². The van der Waals surface area contributed by atoms with Crippen molar-refractivity contribution in [2.24, 2.45) is 0 Å². The number of fused-ring (bicyclic) bond motifs is 3. The Morgan fingerprint density at radius 3 is 2.82 bits per heavy atom. The summed E-state index contributed by atoms with van der Waals surface area (Å²) in [5.41, 5.74) is 3.29.